The Morgan fingerprint density at radius 3 is 2.39 bits per heavy atom. The fraction of sp³-hybridized carbons (Fsp3) is 0.957. The van der Waals surface area contributed by atoms with Crippen molar-refractivity contribution >= 4 is 5.97 Å². The van der Waals surface area contributed by atoms with E-state index >= 15 is 0 Å². The minimum absolute atomic E-state index is 0.0194. The SMILES string of the molecule is CCCCCCCCCCCOC(=O)CCCCCN1CCC(NCCO)C1. The standard InChI is InChI=1S/C23H46N2O3/c1-2-3-4-5-6-7-8-9-13-20-28-23(27)14-11-10-12-17-25-18-15-22(21-25)24-16-19-26/h22,24,26H,2-21H2,1H3. The van der Waals surface area contributed by atoms with Gasteiger partial charge >= 0.3 is 5.97 Å². The van der Waals surface area contributed by atoms with E-state index in [0.29, 0.717) is 25.6 Å². The third-order valence-electron chi connectivity index (χ3n) is 5.68. The van der Waals surface area contributed by atoms with Crippen LogP contribution >= 0.6 is 0 Å². The van der Waals surface area contributed by atoms with Crippen molar-refractivity contribution in [2.24, 2.45) is 0 Å². The van der Waals surface area contributed by atoms with Gasteiger partial charge in [0.05, 0.1) is 13.2 Å². The molecule has 5 nitrogen and oxygen atoms in total. The topological polar surface area (TPSA) is 61.8 Å². The molecule has 0 saturated carbocycles. The number of nitrogens with one attached hydrogen (secondary N) is 1. The number of ether oxygens (including phenoxy) is 1. The fourth-order valence-electron chi connectivity index (χ4n) is 3.92. The van der Waals surface area contributed by atoms with Crippen LogP contribution in [0, 0.1) is 0 Å². The van der Waals surface area contributed by atoms with Crippen molar-refractivity contribution in [1.82, 2.24) is 10.2 Å². The predicted octanol–water partition coefficient (Wildman–Crippen LogP) is 4.28. The molecule has 5 heteroatoms. The van der Waals surface area contributed by atoms with Crippen LogP contribution in [0.15, 0.2) is 0 Å². The van der Waals surface area contributed by atoms with E-state index in [4.69, 9.17) is 9.84 Å². The molecular weight excluding hydrogens is 352 g/mol. The van der Waals surface area contributed by atoms with Crippen molar-refractivity contribution in [3.8, 4) is 0 Å². The second-order valence-electron chi connectivity index (χ2n) is 8.32. The highest BCUT2D eigenvalue weighted by atomic mass is 16.5. The molecule has 1 unspecified atom stereocenters. The van der Waals surface area contributed by atoms with Gasteiger partial charge < -0.3 is 20.1 Å². The lowest BCUT2D eigenvalue weighted by atomic mass is 10.1. The number of carbonyl (C=O) groups excluding carboxylic acids is 1. The number of hydrogen-bond donors (Lipinski definition) is 2. The van der Waals surface area contributed by atoms with Crippen LogP contribution in [0.2, 0.25) is 0 Å². The summed E-state index contributed by atoms with van der Waals surface area (Å²) in [6.45, 7) is 7.11. The number of carbonyl (C=O) groups is 1. The molecule has 0 radical (unpaired) electrons. The Bertz CT molecular complexity index is 366. The highest BCUT2D eigenvalue weighted by Gasteiger charge is 2.20. The molecular formula is C23H46N2O3. The number of esters is 1. The van der Waals surface area contributed by atoms with Crippen LogP contribution in [0.25, 0.3) is 0 Å². The molecule has 1 saturated heterocycles. The second-order valence-corrected chi connectivity index (χ2v) is 8.32. The Kier molecular flexibility index (Phi) is 16.7. The third kappa shape index (κ3) is 14.4. The zero-order valence-corrected chi connectivity index (χ0v) is 18.4. The fourth-order valence-corrected chi connectivity index (χ4v) is 3.92. The van der Waals surface area contributed by atoms with Gasteiger partial charge in [-0.1, -0.05) is 64.7 Å². The number of nitrogens with zero attached hydrogens (tertiary/aromatic N) is 1. The maximum absolute atomic E-state index is 11.8. The van der Waals surface area contributed by atoms with E-state index in [2.05, 4.69) is 17.1 Å². The lowest BCUT2D eigenvalue weighted by Crippen LogP contribution is -2.34. The molecule has 166 valence electrons. The molecule has 28 heavy (non-hydrogen) atoms. The third-order valence-corrected chi connectivity index (χ3v) is 5.68. The Labute approximate surface area is 173 Å². The van der Waals surface area contributed by atoms with Crippen molar-refractivity contribution in [3.05, 3.63) is 0 Å². The van der Waals surface area contributed by atoms with Gasteiger partial charge in [0.2, 0.25) is 0 Å². The number of rotatable bonds is 19. The summed E-state index contributed by atoms with van der Waals surface area (Å²) in [4.78, 5) is 14.3. The van der Waals surface area contributed by atoms with E-state index in [-0.39, 0.29) is 12.6 Å². The molecule has 2 N–H and O–H groups in total. The Hall–Kier alpha value is -0.650. The lowest BCUT2D eigenvalue weighted by molar-refractivity contribution is -0.143. The van der Waals surface area contributed by atoms with Crippen molar-refractivity contribution in [2.45, 2.75) is 103 Å². The van der Waals surface area contributed by atoms with E-state index < -0.39 is 0 Å². The van der Waals surface area contributed by atoms with Crippen LogP contribution in [0.4, 0.5) is 0 Å². The van der Waals surface area contributed by atoms with Crippen LogP contribution < -0.4 is 5.32 Å². The summed E-state index contributed by atoms with van der Waals surface area (Å²) in [6, 6.07) is 0.531. The van der Waals surface area contributed by atoms with Crippen LogP contribution in [0.1, 0.15) is 96.8 Å². The summed E-state index contributed by atoms with van der Waals surface area (Å²) in [5.74, 6) is -0.0194. The summed E-state index contributed by atoms with van der Waals surface area (Å²) >= 11 is 0. The monoisotopic (exact) mass is 398 g/mol. The normalized spacial score (nSPS) is 17.3. The second kappa shape index (κ2) is 18.4. The summed E-state index contributed by atoms with van der Waals surface area (Å²) in [7, 11) is 0. The number of likely N-dealkylation sites (tertiary alicyclic amines) is 1. The van der Waals surface area contributed by atoms with Gasteiger partial charge in [0.25, 0.3) is 0 Å². The Balaban J connectivity index is 1.81. The van der Waals surface area contributed by atoms with Gasteiger partial charge in [-0.2, -0.15) is 0 Å². The summed E-state index contributed by atoms with van der Waals surface area (Å²) in [5.41, 5.74) is 0. The van der Waals surface area contributed by atoms with Crippen molar-refractivity contribution < 1.29 is 14.6 Å². The van der Waals surface area contributed by atoms with Crippen LogP contribution in [-0.2, 0) is 9.53 Å². The molecule has 1 aliphatic rings. The van der Waals surface area contributed by atoms with Crippen molar-refractivity contribution in [1.29, 1.82) is 0 Å². The molecule has 0 aromatic heterocycles. The molecule has 1 atom stereocenters. The molecule has 1 heterocycles. The summed E-state index contributed by atoms with van der Waals surface area (Å²) in [5, 5.41) is 12.2. The minimum Gasteiger partial charge on any atom is -0.466 e. The number of aliphatic hydroxyl groups is 1. The van der Waals surface area contributed by atoms with Gasteiger partial charge in [-0.15, -0.1) is 0 Å². The van der Waals surface area contributed by atoms with Gasteiger partial charge in [-0.25, -0.2) is 0 Å². The molecule has 0 amide bonds. The van der Waals surface area contributed by atoms with Gasteiger partial charge in [0, 0.05) is 25.6 Å². The average molecular weight is 399 g/mol. The Morgan fingerprint density at radius 2 is 1.68 bits per heavy atom. The van der Waals surface area contributed by atoms with E-state index in [0.717, 1.165) is 45.3 Å². The highest BCUT2D eigenvalue weighted by molar-refractivity contribution is 5.69. The summed E-state index contributed by atoms with van der Waals surface area (Å²) in [6.07, 6.45) is 16.5. The van der Waals surface area contributed by atoms with Crippen LogP contribution in [-0.4, -0.2) is 61.4 Å². The van der Waals surface area contributed by atoms with Crippen molar-refractivity contribution in [2.75, 3.05) is 39.4 Å². The highest BCUT2D eigenvalue weighted by Crippen LogP contribution is 2.12. The Morgan fingerprint density at radius 1 is 1.00 bits per heavy atom. The molecule has 0 aromatic carbocycles. The van der Waals surface area contributed by atoms with Gasteiger partial charge in [0.15, 0.2) is 0 Å². The van der Waals surface area contributed by atoms with Gasteiger partial charge in [-0.3, -0.25) is 4.79 Å². The largest absolute Gasteiger partial charge is 0.466 e. The predicted molar refractivity (Wildman–Crippen MR) is 117 cm³/mol. The molecule has 1 aliphatic heterocycles. The van der Waals surface area contributed by atoms with E-state index in [1.165, 1.54) is 57.8 Å². The number of hydrogen-bond acceptors (Lipinski definition) is 5. The maximum atomic E-state index is 11.8. The van der Waals surface area contributed by atoms with E-state index in [9.17, 15) is 4.79 Å². The zero-order chi connectivity index (χ0) is 20.3. The maximum Gasteiger partial charge on any atom is 0.305 e. The van der Waals surface area contributed by atoms with Crippen molar-refractivity contribution in [3.63, 3.8) is 0 Å². The van der Waals surface area contributed by atoms with E-state index in [1.54, 1.807) is 0 Å². The molecule has 1 fully saturated rings. The van der Waals surface area contributed by atoms with E-state index in [1.807, 2.05) is 0 Å². The lowest BCUT2D eigenvalue weighted by Gasteiger charge is -2.16. The van der Waals surface area contributed by atoms with Crippen LogP contribution in [0.3, 0.4) is 0 Å². The van der Waals surface area contributed by atoms with Gasteiger partial charge in [-0.05, 0) is 38.8 Å². The minimum atomic E-state index is -0.0194. The summed E-state index contributed by atoms with van der Waals surface area (Å²) < 4.78 is 5.36. The number of unbranched alkanes of at least 4 members (excludes halogenated alkanes) is 10. The first-order chi connectivity index (χ1) is 13.8. The molecule has 1 rings (SSSR count). The average Bonchev–Trinajstić information content (AvgIpc) is 3.15. The smallest absolute Gasteiger partial charge is 0.305 e. The first-order valence-corrected chi connectivity index (χ1v) is 12.0. The first kappa shape index (κ1) is 25.4. The first-order valence-electron chi connectivity index (χ1n) is 12.0. The molecule has 0 bridgehead atoms. The molecule has 0 aliphatic carbocycles. The molecule has 0 aromatic rings. The van der Waals surface area contributed by atoms with Gasteiger partial charge in [0.1, 0.15) is 0 Å². The quantitative estimate of drug-likeness (QED) is 0.251. The molecule has 0 spiro atoms. The zero-order valence-electron chi connectivity index (χ0n) is 18.4. The van der Waals surface area contributed by atoms with Crippen LogP contribution in [0.5, 0.6) is 0 Å². The number of aliphatic hydroxyl groups excluding tert-OH is 1.